The highest BCUT2D eigenvalue weighted by molar-refractivity contribution is 14.0. The summed E-state index contributed by atoms with van der Waals surface area (Å²) in [6.45, 7) is 1.71. The third-order valence-corrected chi connectivity index (χ3v) is 4.33. The van der Waals surface area contributed by atoms with Crippen LogP contribution in [0.4, 0.5) is 19.0 Å². The third kappa shape index (κ3) is 8.89. The minimum atomic E-state index is -4.38. The van der Waals surface area contributed by atoms with E-state index in [4.69, 9.17) is 0 Å². The van der Waals surface area contributed by atoms with Crippen LogP contribution < -0.4 is 16.0 Å². The number of nitrogens with one attached hydrogen (secondary N) is 3. The first-order valence-corrected chi connectivity index (χ1v) is 9.73. The van der Waals surface area contributed by atoms with Crippen molar-refractivity contribution >= 4 is 41.7 Å². The number of rotatable bonds is 8. The second-order valence-corrected chi connectivity index (χ2v) is 6.96. The van der Waals surface area contributed by atoms with Crippen molar-refractivity contribution in [3.63, 3.8) is 0 Å². The Kier molecular flexibility index (Phi) is 11.2. The molecular formula is C21H28F3IN6O. The average molecular weight is 564 g/mol. The molecule has 0 aliphatic rings. The Morgan fingerprint density at radius 2 is 1.75 bits per heavy atom. The average Bonchev–Trinajstić information content (AvgIpc) is 2.75. The van der Waals surface area contributed by atoms with Crippen LogP contribution in [0.15, 0.2) is 47.6 Å². The molecule has 32 heavy (non-hydrogen) atoms. The van der Waals surface area contributed by atoms with Gasteiger partial charge < -0.3 is 20.9 Å². The minimum Gasteiger partial charge on any atom is -0.370 e. The normalized spacial score (nSPS) is 11.4. The lowest BCUT2D eigenvalue weighted by Gasteiger charge is -2.13. The zero-order chi connectivity index (χ0) is 22.9. The van der Waals surface area contributed by atoms with Crippen molar-refractivity contribution in [2.24, 2.45) is 4.99 Å². The number of nitrogens with zero attached hydrogens (tertiary/aromatic N) is 3. The second-order valence-electron chi connectivity index (χ2n) is 6.96. The van der Waals surface area contributed by atoms with Gasteiger partial charge in [0.25, 0.3) is 5.91 Å². The predicted octanol–water partition coefficient (Wildman–Crippen LogP) is 3.59. The number of aliphatic imine (C=N–C) groups is 1. The Labute approximate surface area is 202 Å². The summed E-state index contributed by atoms with van der Waals surface area (Å²) in [5, 5.41) is 9.34. The van der Waals surface area contributed by atoms with Gasteiger partial charge in [-0.15, -0.1) is 24.0 Å². The van der Waals surface area contributed by atoms with Gasteiger partial charge in [0.1, 0.15) is 5.82 Å². The molecule has 7 nitrogen and oxygen atoms in total. The number of alkyl halides is 3. The van der Waals surface area contributed by atoms with E-state index in [-0.39, 0.29) is 29.9 Å². The highest BCUT2D eigenvalue weighted by Crippen LogP contribution is 2.28. The third-order valence-electron chi connectivity index (χ3n) is 4.33. The molecule has 0 atom stereocenters. The van der Waals surface area contributed by atoms with E-state index in [1.807, 2.05) is 12.1 Å². The molecule has 1 heterocycles. The van der Waals surface area contributed by atoms with Gasteiger partial charge >= 0.3 is 6.18 Å². The summed E-state index contributed by atoms with van der Waals surface area (Å²) in [4.78, 5) is 21.4. The molecule has 1 amide bonds. The van der Waals surface area contributed by atoms with Crippen LogP contribution in [0.1, 0.15) is 27.9 Å². The summed E-state index contributed by atoms with van der Waals surface area (Å²) in [5.74, 6) is 0.977. The number of hydrogen-bond donors (Lipinski definition) is 3. The van der Waals surface area contributed by atoms with Crippen LogP contribution in [0, 0.1) is 0 Å². The van der Waals surface area contributed by atoms with Gasteiger partial charge in [-0.25, -0.2) is 4.98 Å². The Balaban J connectivity index is 0.00000512. The highest BCUT2D eigenvalue weighted by atomic mass is 127. The monoisotopic (exact) mass is 564 g/mol. The number of hydrogen-bond acceptors (Lipinski definition) is 4. The number of anilines is 1. The van der Waals surface area contributed by atoms with Gasteiger partial charge in [-0.05, 0) is 36.2 Å². The predicted molar refractivity (Wildman–Crippen MR) is 130 cm³/mol. The van der Waals surface area contributed by atoms with Gasteiger partial charge in [-0.3, -0.25) is 9.79 Å². The van der Waals surface area contributed by atoms with Crippen LogP contribution in [-0.4, -0.2) is 56.0 Å². The molecular weight excluding hydrogens is 536 g/mol. The molecule has 0 bridgehead atoms. The molecule has 2 aromatic rings. The molecule has 176 valence electrons. The van der Waals surface area contributed by atoms with Gasteiger partial charge in [0.05, 0.1) is 5.56 Å². The lowest BCUT2D eigenvalue weighted by molar-refractivity contribution is -0.137. The van der Waals surface area contributed by atoms with Gasteiger partial charge in [-0.1, -0.05) is 12.1 Å². The van der Waals surface area contributed by atoms with Crippen molar-refractivity contribution in [1.82, 2.24) is 20.5 Å². The van der Waals surface area contributed by atoms with Gasteiger partial charge in [-0.2, -0.15) is 13.2 Å². The Bertz CT molecular complexity index is 871. The van der Waals surface area contributed by atoms with Crippen molar-refractivity contribution in [1.29, 1.82) is 0 Å². The van der Waals surface area contributed by atoms with Crippen molar-refractivity contribution in [2.75, 3.05) is 39.5 Å². The zero-order valence-electron chi connectivity index (χ0n) is 18.2. The van der Waals surface area contributed by atoms with Crippen molar-refractivity contribution < 1.29 is 18.0 Å². The Morgan fingerprint density at radius 3 is 2.28 bits per heavy atom. The van der Waals surface area contributed by atoms with E-state index in [0.717, 1.165) is 17.8 Å². The maximum atomic E-state index is 12.5. The van der Waals surface area contributed by atoms with Crippen LogP contribution in [-0.2, 0) is 12.7 Å². The highest BCUT2D eigenvalue weighted by Gasteiger charge is 2.30. The fraction of sp³-hybridized carbons (Fsp3) is 0.381. The second kappa shape index (κ2) is 13.1. The molecule has 11 heteroatoms. The van der Waals surface area contributed by atoms with E-state index in [9.17, 15) is 18.0 Å². The standard InChI is InChI=1S/C21H27F3N6O.HI/c1-25-20(29-13-15-5-7-16(8-6-15)19(31)30(2)3)27-12-4-11-26-18-10-9-17(14-28-18)21(22,23)24;/h5-10,14H,4,11-13H2,1-3H3,(H,26,28)(H2,25,27,29);1H. The Morgan fingerprint density at radius 1 is 1.06 bits per heavy atom. The Hall–Kier alpha value is -2.57. The van der Waals surface area contributed by atoms with E-state index in [0.29, 0.717) is 43.4 Å². The topological polar surface area (TPSA) is 81.6 Å². The molecule has 0 aliphatic carbocycles. The van der Waals surface area contributed by atoms with E-state index < -0.39 is 11.7 Å². The molecule has 3 N–H and O–H groups in total. The maximum Gasteiger partial charge on any atom is 0.417 e. The molecule has 0 saturated heterocycles. The summed E-state index contributed by atoms with van der Waals surface area (Å²) in [6.07, 6.45) is -2.86. The SMILES string of the molecule is CN=C(NCCCNc1ccc(C(F)(F)F)cn1)NCc1ccc(C(=O)N(C)C)cc1.I. The number of carbonyl (C=O) groups is 1. The first-order valence-electron chi connectivity index (χ1n) is 9.73. The molecule has 0 unspecified atom stereocenters. The first kappa shape index (κ1) is 27.5. The van der Waals surface area contributed by atoms with Gasteiger partial charge in [0.15, 0.2) is 5.96 Å². The summed E-state index contributed by atoms with van der Waals surface area (Å²) < 4.78 is 37.6. The smallest absolute Gasteiger partial charge is 0.370 e. The first-order chi connectivity index (χ1) is 14.7. The zero-order valence-corrected chi connectivity index (χ0v) is 20.5. The van der Waals surface area contributed by atoms with E-state index in [1.165, 1.54) is 11.0 Å². The molecule has 2 rings (SSSR count). The summed E-state index contributed by atoms with van der Waals surface area (Å²) >= 11 is 0. The molecule has 0 radical (unpaired) electrons. The fourth-order valence-corrected chi connectivity index (χ4v) is 2.61. The van der Waals surface area contributed by atoms with Crippen molar-refractivity contribution in [3.05, 3.63) is 59.3 Å². The van der Waals surface area contributed by atoms with Crippen LogP contribution in [0.5, 0.6) is 0 Å². The number of carbonyl (C=O) groups excluding carboxylic acids is 1. The van der Waals surface area contributed by atoms with Crippen LogP contribution in [0.25, 0.3) is 0 Å². The molecule has 1 aromatic carbocycles. The summed E-state index contributed by atoms with van der Waals surface area (Å²) in [6, 6.07) is 9.67. The number of guanidine groups is 1. The lowest BCUT2D eigenvalue weighted by Crippen LogP contribution is -2.37. The van der Waals surface area contributed by atoms with Crippen LogP contribution >= 0.6 is 24.0 Å². The number of aromatic nitrogens is 1. The number of halogens is 4. The van der Waals surface area contributed by atoms with Crippen molar-refractivity contribution in [2.45, 2.75) is 19.1 Å². The van der Waals surface area contributed by atoms with Crippen LogP contribution in [0.3, 0.4) is 0 Å². The van der Waals surface area contributed by atoms with E-state index in [1.54, 1.807) is 33.3 Å². The van der Waals surface area contributed by atoms with Gasteiger partial charge in [0.2, 0.25) is 0 Å². The van der Waals surface area contributed by atoms with E-state index >= 15 is 0 Å². The molecule has 1 aromatic heterocycles. The summed E-state index contributed by atoms with van der Waals surface area (Å²) in [7, 11) is 5.09. The molecule has 0 aliphatic heterocycles. The number of benzene rings is 1. The lowest BCUT2D eigenvalue weighted by atomic mass is 10.1. The molecule has 0 fully saturated rings. The summed E-state index contributed by atoms with van der Waals surface area (Å²) in [5.41, 5.74) is 0.869. The molecule has 0 spiro atoms. The quantitative estimate of drug-likeness (QED) is 0.198. The number of pyridine rings is 1. The minimum absolute atomic E-state index is 0. The maximum absolute atomic E-state index is 12.5. The fourth-order valence-electron chi connectivity index (χ4n) is 2.61. The van der Waals surface area contributed by atoms with Crippen LogP contribution in [0.2, 0.25) is 0 Å². The number of amides is 1. The van der Waals surface area contributed by atoms with E-state index in [2.05, 4.69) is 25.9 Å². The largest absolute Gasteiger partial charge is 0.417 e. The van der Waals surface area contributed by atoms with Gasteiger partial charge in [0, 0.05) is 52.5 Å². The van der Waals surface area contributed by atoms with Crippen molar-refractivity contribution in [3.8, 4) is 0 Å². The molecule has 0 saturated carbocycles.